The van der Waals surface area contributed by atoms with E-state index in [1.807, 2.05) is 38.1 Å². The standard InChI is InChI=1S/C21H34N6O4/c1-16(2)31-21-26-19(23-10-8-17-4-6-18(28-3)7-5-17)25-20(27-21)24-11-13-30-15-14-29-12-9-22/h4-7,16H,8-15,22H2,1-3H3,(H2,23,24,25,26,27). The SMILES string of the molecule is COc1ccc(CCNc2nc(NCCOCCOCCN)nc(OC(C)C)n2)cc1. The molecule has 0 fully saturated rings. The Morgan fingerprint density at radius 3 is 2.13 bits per heavy atom. The van der Waals surface area contributed by atoms with Gasteiger partial charge in [-0.2, -0.15) is 15.0 Å². The van der Waals surface area contributed by atoms with E-state index in [4.69, 9.17) is 24.7 Å². The molecule has 0 spiro atoms. The molecule has 1 heterocycles. The Morgan fingerprint density at radius 1 is 0.871 bits per heavy atom. The van der Waals surface area contributed by atoms with Crippen LogP contribution in [0.1, 0.15) is 19.4 Å². The molecule has 0 unspecified atom stereocenters. The molecule has 2 rings (SSSR count). The highest BCUT2D eigenvalue weighted by molar-refractivity contribution is 5.36. The first-order valence-corrected chi connectivity index (χ1v) is 10.5. The van der Waals surface area contributed by atoms with E-state index in [1.165, 1.54) is 5.56 Å². The fourth-order valence-electron chi connectivity index (χ4n) is 2.53. The van der Waals surface area contributed by atoms with Gasteiger partial charge in [0.25, 0.3) is 0 Å². The summed E-state index contributed by atoms with van der Waals surface area (Å²) in [6.07, 6.45) is 0.776. The molecule has 0 aliphatic rings. The lowest BCUT2D eigenvalue weighted by Gasteiger charge is -2.12. The molecule has 2 aromatic rings. The Labute approximate surface area is 183 Å². The molecule has 10 nitrogen and oxygen atoms in total. The van der Waals surface area contributed by atoms with Crippen molar-refractivity contribution >= 4 is 11.9 Å². The van der Waals surface area contributed by atoms with Crippen molar-refractivity contribution in [3.05, 3.63) is 29.8 Å². The first-order chi connectivity index (χ1) is 15.1. The molecule has 172 valence electrons. The van der Waals surface area contributed by atoms with Crippen LogP contribution in [0.5, 0.6) is 11.8 Å². The van der Waals surface area contributed by atoms with Crippen LogP contribution in [0.4, 0.5) is 11.9 Å². The zero-order valence-electron chi connectivity index (χ0n) is 18.6. The quantitative estimate of drug-likeness (QED) is 0.336. The molecule has 0 bridgehead atoms. The normalized spacial score (nSPS) is 10.9. The average Bonchev–Trinajstić information content (AvgIpc) is 2.75. The number of ether oxygens (including phenoxy) is 4. The third-order valence-electron chi connectivity index (χ3n) is 3.98. The van der Waals surface area contributed by atoms with Gasteiger partial charge in [0.05, 0.1) is 39.6 Å². The fourth-order valence-corrected chi connectivity index (χ4v) is 2.53. The van der Waals surface area contributed by atoms with Gasteiger partial charge in [0.1, 0.15) is 5.75 Å². The van der Waals surface area contributed by atoms with Crippen molar-refractivity contribution in [3.8, 4) is 11.8 Å². The number of rotatable bonds is 16. The summed E-state index contributed by atoms with van der Waals surface area (Å²) in [7, 11) is 1.66. The lowest BCUT2D eigenvalue weighted by atomic mass is 10.1. The van der Waals surface area contributed by atoms with E-state index in [0.717, 1.165) is 12.2 Å². The Bertz CT molecular complexity index is 745. The number of hydrogen-bond donors (Lipinski definition) is 3. The van der Waals surface area contributed by atoms with Crippen molar-refractivity contribution in [1.82, 2.24) is 15.0 Å². The molecule has 0 atom stereocenters. The fraction of sp³-hybridized carbons (Fsp3) is 0.571. The Balaban J connectivity index is 1.83. The lowest BCUT2D eigenvalue weighted by Crippen LogP contribution is -2.18. The van der Waals surface area contributed by atoms with Crippen molar-refractivity contribution in [3.63, 3.8) is 0 Å². The molecule has 0 amide bonds. The number of hydrogen-bond acceptors (Lipinski definition) is 10. The van der Waals surface area contributed by atoms with Crippen LogP contribution < -0.4 is 25.8 Å². The van der Waals surface area contributed by atoms with Crippen molar-refractivity contribution in [2.24, 2.45) is 5.73 Å². The highest BCUT2D eigenvalue weighted by Gasteiger charge is 2.09. The van der Waals surface area contributed by atoms with Gasteiger partial charge in [-0.05, 0) is 38.0 Å². The second-order valence-corrected chi connectivity index (χ2v) is 6.90. The van der Waals surface area contributed by atoms with Gasteiger partial charge in [0.2, 0.25) is 11.9 Å². The highest BCUT2D eigenvalue weighted by atomic mass is 16.5. The molecule has 0 aliphatic heterocycles. The summed E-state index contributed by atoms with van der Waals surface area (Å²) in [4.78, 5) is 13.1. The zero-order valence-corrected chi connectivity index (χ0v) is 18.6. The molecule has 4 N–H and O–H groups in total. The minimum absolute atomic E-state index is 0.0424. The van der Waals surface area contributed by atoms with Gasteiger partial charge >= 0.3 is 6.01 Å². The van der Waals surface area contributed by atoms with Crippen LogP contribution in [0.2, 0.25) is 0 Å². The summed E-state index contributed by atoms with van der Waals surface area (Å²) in [5.41, 5.74) is 6.55. The van der Waals surface area contributed by atoms with Crippen LogP contribution in [0.3, 0.4) is 0 Å². The van der Waals surface area contributed by atoms with Gasteiger partial charge in [0, 0.05) is 19.6 Å². The zero-order chi connectivity index (χ0) is 22.3. The number of methoxy groups -OCH3 is 1. The van der Waals surface area contributed by atoms with Gasteiger partial charge in [-0.3, -0.25) is 0 Å². The monoisotopic (exact) mass is 434 g/mol. The van der Waals surface area contributed by atoms with E-state index in [0.29, 0.717) is 58.0 Å². The van der Waals surface area contributed by atoms with Gasteiger partial charge < -0.3 is 35.3 Å². The molecule has 0 radical (unpaired) electrons. The number of benzene rings is 1. The maximum Gasteiger partial charge on any atom is 0.323 e. The van der Waals surface area contributed by atoms with E-state index in [9.17, 15) is 0 Å². The number of nitrogens with two attached hydrogens (primary N) is 1. The molecule has 0 saturated heterocycles. The number of nitrogens with one attached hydrogen (secondary N) is 2. The summed E-state index contributed by atoms with van der Waals surface area (Å²) < 4.78 is 21.6. The maximum absolute atomic E-state index is 5.65. The number of aromatic nitrogens is 3. The van der Waals surface area contributed by atoms with Crippen molar-refractivity contribution in [2.45, 2.75) is 26.4 Å². The summed E-state index contributed by atoms with van der Waals surface area (Å²) in [5, 5.41) is 6.37. The van der Waals surface area contributed by atoms with Gasteiger partial charge in [-0.25, -0.2) is 0 Å². The van der Waals surface area contributed by atoms with Crippen LogP contribution in [-0.2, 0) is 15.9 Å². The predicted octanol–water partition coefficient (Wildman–Crippen LogP) is 1.73. The largest absolute Gasteiger partial charge is 0.497 e. The van der Waals surface area contributed by atoms with Crippen molar-refractivity contribution in [1.29, 1.82) is 0 Å². The summed E-state index contributed by atoms with van der Waals surface area (Å²) in [6, 6.07) is 8.24. The molecule has 0 aliphatic carbocycles. The van der Waals surface area contributed by atoms with Gasteiger partial charge in [-0.15, -0.1) is 0 Å². The van der Waals surface area contributed by atoms with Crippen LogP contribution in [0.15, 0.2) is 24.3 Å². The smallest absolute Gasteiger partial charge is 0.323 e. The van der Waals surface area contributed by atoms with E-state index in [-0.39, 0.29) is 12.1 Å². The van der Waals surface area contributed by atoms with Crippen LogP contribution >= 0.6 is 0 Å². The number of anilines is 2. The van der Waals surface area contributed by atoms with Gasteiger partial charge in [-0.1, -0.05) is 12.1 Å². The van der Waals surface area contributed by atoms with Crippen molar-refractivity contribution in [2.75, 3.05) is 63.8 Å². The topological polar surface area (TPSA) is 126 Å². The average molecular weight is 435 g/mol. The minimum Gasteiger partial charge on any atom is -0.497 e. The van der Waals surface area contributed by atoms with Gasteiger partial charge in [0.15, 0.2) is 0 Å². The molecule has 31 heavy (non-hydrogen) atoms. The third-order valence-corrected chi connectivity index (χ3v) is 3.98. The predicted molar refractivity (Wildman–Crippen MR) is 120 cm³/mol. The molecular weight excluding hydrogens is 400 g/mol. The second kappa shape index (κ2) is 14.3. The summed E-state index contributed by atoms with van der Waals surface area (Å²) in [5.74, 6) is 1.73. The van der Waals surface area contributed by atoms with Crippen LogP contribution in [0.25, 0.3) is 0 Å². The maximum atomic E-state index is 5.65. The van der Waals surface area contributed by atoms with E-state index in [1.54, 1.807) is 7.11 Å². The Hall–Kier alpha value is -2.69. The summed E-state index contributed by atoms with van der Waals surface area (Å²) >= 11 is 0. The molecule has 1 aromatic heterocycles. The lowest BCUT2D eigenvalue weighted by molar-refractivity contribution is 0.0547. The Morgan fingerprint density at radius 2 is 1.52 bits per heavy atom. The molecule has 0 saturated carbocycles. The van der Waals surface area contributed by atoms with E-state index >= 15 is 0 Å². The first-order valence-electron chi connectivity index (χ1n) is 10.5. The third kappa shape index (κ3) is 10.3. The highest BCUT2D eigenvalue weighted by Crippen LogP contribution is 2.14. The van der Waals surface area contributed by atoms with Crippen LogP contribution in [0, 0.1) is 0 Å². The second-order valence-electron chi connectivity index (χ2n) is 6.90. The Kier molecular flexibility index (Phi) is 11.4. The molecule has 10 heteroatoms. The first kappa shape index (κ1) is 24.6. The minimum atomic E-state index is -0.0424. The summed E-state index contributed by atoms with van der Waals surface area (Å²) in [6.45, 7) is 7.66. The van der Waals surface area contributed by atoms with Crippen LogP contribution in [-0.4, -0.2) is 74.2 Å². The van der Waals surface area contributed by atoms with E-state index < -0.39 is 0 Å². The number of nitrogens with zero attached hydrogens (tertiary/aromatic N) is 3. The molecule has 1 aromatic carbocycles. The van der Waals surface area contributed by atoms with Crippen molar-refractivity contribution < 1.29 is 18.9 Å². The van der Waals surface area contributed by atoms with E-state index in [2.05, 4.69) is 25.6 Å². The molecular formula is C21H34N6O4.